The Bertz CT molecular complexity index is 1540. The Morgan fingerprint density at radius 2 is 1.57 bits per heavy atom. The minimum atomic E-state index is -0.868. The maximum Gasteiger partial charge on any atom is 0.226 e. The van der Waals surface area contributed by atoms with E-state index in [9.17, 15) is 24.0 Å². The third-order valence-corrected chi connectivity index (χ3v) is 12.2. The fourth-order valence-electron chi connectivity index (χ4n) is 8.65. The van der Waals surface area contributed by atoms with Gasteiger partial charge >= 0.3 is 0 Å². The van der Waals surface area contributed by atoms with Crippen LogP contribution >= 0.6 is 0 Å². The van der Waals surface area contributed by atoms with Gasteiger partial charge in [0.2, 0.25) is 17.7 Å². The van der Waals surface area contributed by atoms with Crippen molar-refractivity contribution in [2.24, 2.45) is 40.6 Å². The number of nitrogens with one attached hydrogen (secondary N) is 1. The molecule has 0 aromatic heterocycles. The topological polar surface area (TPSA) is 174 Å². The number of ether oxygens (including phenoxy) is 2. The van der Waals surface area contributed by atoms with Crippen molar-refractivity contribution in [1.82, 2.24) is 20.0 Å². The number of likely N-dealkylation sites (tertiary alicyclic amines) is 1. The summed E-state index contributed by atoms with van der Waals surface area (Å²) in [6, 6.07) is 6.60. The van der Waals surface area contributed by atoms with Gasteiger partial charge in [0.25, 0.3) is 0 Å². The second kappa shape index (κ2) is 24.3. The van der Waals surface area contributed by atoms with Crippen LogP contribution in [0.4, 0.5) is 0 Å². The summed E-state index contributed by atoms with van der Waals surface area (Å²) in [6.45, 7) is 16.4. The number of Topliss-reactive ketones (excluding diaryl/α,β-unsaturated/α-hetero) is 2. The lowest BCUT2D eigenvalue weighted by molar-refractivity contribution is -0.149. The minimum absolute atomic E-state index is 0.00904. The van der Waals surface area contributed by atoms with Crippen molar-refractivity contribution in [2.75, 3.05) is 48.5 Å². The third kappa shape index (κ3) is 13.9. The molecule has 0 bridgehead atoms. The molecule has 1 aliphatic rings. The molecule has 1 N–H and O–H groups in total. The molecule has 1 aromatic rings. The van der Waals surface area contributed by atoms with Crippen molar-refractivity contribution in [3.63, 3.8) is 0 Å². The lowest BCUT2D eigenvalue weighted by atomic mass is 9.83. The number of hydrogen-bond donors (Lipinski definition) is 1. The number of hydrogen-bond acceptors (Lipinski definition) is 9. The second-order valence-electron chi connectivity index (χ2n) is 17.2. The quantitative estimate of drug-likeness (QED) is 0.0687. The summed E-state index contributed by atoms with van der Waals surface area (Å²) in [7, 11) is 8.61. The first-order valence-electron chi connectivity index (χ1n) is 21.0. The Labute approximate surface area is 347 Å². The Kier molecular flexibility index (Phi) is 21.1. The van der Waals surface area contributed by atoms with Gasteiger partial charge in [0.05, 0.1) is 42.7 Å². The highest BCUT2D eigenvalue weighted by Crippen LogP contribution is 2.31. The number of ketones is 2. The molecule has 9 atom stereocenters. The van der Waals surface area contributed by atoms with Crippen molar-refractivity contribution in [2.45, 2.75) is 131 Å². The average molecular weight is 812 g/mol. The van der Waals surface area contributed by atoms with E-state index in [0.29, 0.717) is 13.0 Å². The predicted molar refractivity (Wildman–Crippen MR) is 227 cm³/mol. The van der Waals surface area contributed by atoms with E-state index in [2.05, 4.69) is 15.3 Å². The number of rotatable bonds is 25. The van der Waals surface area contributed by atoms with Crippen molar-refractivity contribution in [3.8, 4) is 0 Å². The SMILES string of the molecule is CC[C@H](C)[C@@H]([C@@H](CC(=O)N1CCC[C@H]1[C@H](OC)[C@@H](C)C(=O)CC(CN=[N+]=[N-])C(=O)NCc1ccc(C)cc1)OC)N(C)C(=O)[C@@H](CC(=O)[C@H](C(C)C)N(C)C)C(C)C. The first kappa shape index (κ1) is 50.3. The zero-order valence-electron chi connectivity index (χ0n) is 37.6. The van der Waals surface area contributed by atoms with Crippen LogP contribution in [0.2, 0.25) is 0 Å². The van der Waals surface area contributed by atoms with Gasteiger partial charge in [-0.25, -0.2) is 0 Å². The van der Waals surface area contributed by atoms with Gasteiger partial charge in [-0.3, -0.25) is 28.9 Å². The zero-order chi connectivity index (χ0) is 43.9. The molecule has 1 fully saturated rings. The Balaban J connectivity index is 2.26. The molecule has 1 saturated heterocycles. The number of likely N-dealkylation sites (N-methyl/N-ethyl adjacent to an activating group) is 2. The maximum absolute atomic E-state index is 14.3. The lowest BCUT2D eigenvalue weighted by Gasteiger charge is -2.41. The van der Waals surface area contributed by atoms with Gasteiger partial charge in [-0.1, -0.05) is 89.8 Å². The van der Waals surface area contributed by atoms with E-state index in [4.69, 9.17) is 15.0 Å². The molecule has 1 aromatic carbocycles. The highest BCUT2D eigenvalue weighted by Gasteiger charge is 2.43. The van der Waals surface area contributed by atoms with E-state index in [-0.39, 0.29) is 85.4 Å². The van der Waals surface area contributed by atoms with Gasteiger partial charge in [0.1, 0.15) is 5.78 Å². The number of methoxy groups -OCH3 is 2. The van der Waals surface area contributed by atoms with Gasteiger partial charge < -0.3 is 24.6 Å². The summed E-state index contributed by atoms with van der Waals surface area (Å²) >= 11 is 0. The molecule has 14 nitrogen and oxygen atoms in total. The number of carbonyl (C=O) groups excluding carboxylic acids is 5. The van der Waals surface area contributed by atoms with E-state index in [0.717, 1.165) is 24.0 Å². The van der Waals surface area contributed by atoms with Gasteiger partial charge in [-0.2, -0.15) is 0 Å². The van der Waals surface area contributed by atoms with Crippen LogP contribution < -0.4 is 5.32 Å². The number of benzene rings is 1. The van der Waals surface area contributed by atoms with Crippen LogP contribution in [0.5, 0.6) is 0 Å². The summed E-state index contributed by atoms with van der Waals surface area (Å²) in [5.41, 5.74) is 11.0. The van der Waals surface area contributed by atoms with E-state index in [1.165, 1.54) is 7.11 Å². The van der Waals surface area contributed by atoms with Crippen molar-refractivity contribution >= 4 is 29.3 Å². The molecule has 0 saturated carbocycles. The third-order valence-electron chi connectivity index (χ3n) is 12.2. The van der Waals surface area contributed by atoms with E-state index in [1.807, 2.05) is 91.7 Å². The van der Waals surface area contributed by atoms with Crippen LogP contribution in [0.25, 0.3) is 10.4 Å². The van der Waals surface area contributed by atoms with Crippen LogP contribution in [0.3, 0.4) is 0 Å². The Morgan fingerprint density at radius 1 is 0.931 bits per heavy atom. The van der Waals surface area contributed by atoms with Crippen LogP contribution in [0.1, 0.15) is 98.1 Å². The molecule has 1 aliphatic heterocycles. The molecule has 1 unspecified atom stereocenters. The van der Waals surface area contributed by atoms with Gasteiger partial charge in [0.15, 0.2) is 5.78 Å². The largest absolute Gasteiger partial charge is 0.379 e. The van der Waals surface area contributed by atoms with Crippen molar-refractivity contribution in [1.29, 1.82) is 0 Å². The fraction of sp³-hybridized carbons (Fsp3) is 0.750. The second-order valence-corrected chi connectivity index (χ2v) is 17.2. The average Bonchev–Trinajstić information content (AvgIpc) is 3.66. The molecule has 0 spiro atoms. The first-order chi connectivity index (χ1) is 27.3. The highest BCUT2D eigenvalue weighted by molar-refractivity contribution is 5.90. The summed E-state index contributed by atoms with van der Waals surface area (Å²) in [4.78, 5) is 77.5. The Hall–Kier alpha value is -3.84. The minimum Gasteiger partial charge on any atom is -0.379 e. The number of carbonyl (C=O) groups is 5. The summed E-state index contributed by atoms with van der Waals surface area (Å²) in [5.74, 6) is -2.97. The molecule has 3 amide bonds. The van der Waals surface area contributed by atoms with E-state index in [1.54, 1.807) is 30.9 Å². The molecule has 0 radical (unpaired) electrons. The summed E-state index contributed by atoms with van der Waals surface area (Å²) in [5, 5.41) is 6.49. The smallest absolute Gasteiger partial charge is 0.226 e. The zero-order valence-corrected chi connectivity index (χ0v) is 37.6. The van der Waals surface area contributed by atoms with E-state index < -0.39 is 42.0 Å². The molecule has 0 aliphatic carbocycles. The van der Waals surface area contributed by atoms with E-state index >= 15 is 0 Å². The first-order valence-corrected chi connectivity index (χ1v) is 21.0. The van der Waals surface area contributed by atoms with Gasteiger partial charge in [-0.15, -0.1) is 0 Å². The number of azide groups is 1. The molecule has 1 heterocycles. The van der Waals surface area contributed by atoms with Crippen molar-refractivity contribution in [3.05, 3.63) is 45.8 Å². The normalized spacial score (nSPS) is 18.5. The predicted octanol–water partition coefficient (Wildman–Crippen LogP) is 6.23. The molecular weight excluding hydrogens is 739 g/mol. The molecule has 326 valence electrons. The fourth-order valence-corrected chi connectivity index (χ4v) is 8.65. The molecule has 2 rings (SSSR count). The number of nitrogens with zero attached hydrogens (tertiary/aromatic N) is 6. The summed E-state index contributed by atoms with van der Waals surface area (Å²) < 4.78 is 12.0. The molecule has 58 heavy (non-hydrogen) atoms. The Morgan fingerprint density at radius 3 is 2.09 bits per heavy atom. The van der Waals surface area contributed by atoms with Gasteiger partial charge in [0, 0.05) is 70.5 Å². The molecular formula is C44H73N7O7. The van der Waals surface area contributed by atoms with Crippen LogP contribution in [-0.2, 0) is 40.0 Å². The van der Waals surface area contributed by atoms with Gasteiger partial charge in [-0.05, 0) is 62.7 Å². The lowest BCUT2D eigenvalue weighted by Crippen LogP contribution is -2.54. The highest BCUT2D eigenvalue weighted by atomic mass is 16.5. The summed E-state index contributed by atoms with van der Waals surface area (Å²) in [6.07, 6.45) is 0.783. The van der Waals surface area contributed by atoms with Crippen LogP contribution in [-0.4, -0.2) is 123 Å². The van der Waals surface area contributed by atoms with Crippen LogP contribution in [0, 0.1) is 42.4 Å². The van der Waals surface area contributed by atoms with Crippen molar-refractivity contribution < 1.29 is 33.4 Å². The molecule has 14 heteroatoms. The standard InChI is InChI=1S/C44H73N7O7/c1-14-30(7)41(50(11)44(56)34(27(2)3)23-37(53)40(28(4)5)49(9)10)38(57-12)24-39(54)51-21-15-16-35(51)42(58-13)31(8)36(52)22-33(26-47-48-45)43(55)46-25-32-19-17-29(6)18-20-32/h17-20,27-28,30-31,33-35,38,40-42H,14-16,21-26H2,1-13H3,(H,46,55)/t30-,31-,33?,34-,35-,38+,40-,41-,42+/m0/s1. The number of aryl methyl sites for hydroxylation is 1. The number of amides is 3. The maximum atomic E-state index is 14.3. The van der Waals surface area contributed by atoms with Crippen LogP contribution in [0.15, 0.2) is 29.4 Å². The monoisotopic (exact) mass is 812 g/mol.